The van der Waals surface area contributed by atoms with Gasteiger partial charge in [0.25, 0.3) is 0 Å². The van der Waals surface area contributed by atoms with Gasteiger partial charge in [0.05, 0.1) is 26.4 Å². The fourth-order valence-electron chi connectivity index (χ4n) is 12.2. The highest BCUT2D eigenvalue weighted by atomic mass is 31.2. The number of phosphoric ester groups is 2. The van der Waals surface area contributed by atoms with Gasteiger partial charge in [0.2, 0.25) is 0 Å². The number of rotatable bonds is 77. The first-order valence-electron chi connectivity index (χ1n) is 41.2. The largest absolute Gasteiger partial charge is 0.472 e. The topological polar surface area (TPSA) is 237 Å². The van der Waals surface area contributed by atoms with Crippen molar-refractivity contribution in [1.29, 1.82) is 0 Å². The molecule has 0 aromatic heterocycles. The van der Waals surface area contributed by atoms with E-state index in [1.54, 1.807) is 0 Å². The number of phosphoric acid groups is 2. The van der Waals surface area contributed by atoms with Gasteiger partial charge >= 0.3 is 39.5 Å². The molecule has 0 aromatic carbocycles. The monoisotopic (exact) mass is 1450 g/mol. The Morgan fingerprint density at radius 3 is 0.717 bits per heavy atom. The summed E-state index contributed by atoms with van der Waals surface area (Å²) in [6.45, 7) is 14.2. The summed E-state index contributed by atoms with van der Waals surface area (Å²) in [6.07, 6.45) is 55.7. The van der Waals surface area contributed by atoms with Gasteiger partial charge in [-0.05, 0) is 49.4 Å². The summed E-state index contributed by atoms with van der Waals surface area (Å²) in [5, 5.41) is 10.6. The molecule has 588 valence electrons. The van der Waals surface area contributed by atoms with Crippen LogP contribution in [0.15, 0.2) is 0 Å². The van der Waals surface area contributed by atoms with E-state index in [1.165, 1.54) is 205 Å². The van der Waals surface area contributed by atoms with Gasteiger partial charge < -0.3 is 33.8 Å². The van der Waals surface area contributed by atoms with E-state index in [2.05, 4.69) is 55.4 Å². The lowest BCUT2D eigenvalue weighted by Gasteiger charge is -2.21. The lowest BCUT2D eigenvalue weighted by molar-refractivity contribution is -0.161. The van der Waals surface area contributed by atoms with E-state index in [1.807, 2.05) is 0 Å². The van der Waals surface area contributed by atoms with E-state index in [0.29, 0.717) is 31.6 Å². The van der Waals surface area contributed by atoms with Crippen LogP contribution in [0.1, 0.15) is 409 Å². The molecule has 0 saturated heterocycles. The maximum atomic E-state index is 13.1. The molecule has 0 saturated carbocycles. The summed E-state index contributed by atoms with van der Waals surface area (Å²) in [7, 11) is -9.92. The second-order valence-electron chi connectivity index (χ2n) is 30.5. The zero-order valence-corrected chi connectivity index (χ0v) is 66.9. The number of ether oxygens (including phenoxy) is 4. The van der Waals surface area contributed by atoms with Gasteiger partial charge in [0.1, 0.15) is 19.3 Å². The van der Waals surface area contributed by atoms with E-state index >= 15 is 0 Å². The first kappa shape index (κ1) is 97.1. The van der Waals surface area contributed by atoms with Crippen molar-refractivity contribution < 1.29 is 80.2 Å². The number of hydrogen-bond donors (Lipinski definition) is 3. The zero-order chi connectivity index (χ0) is 73.1. The molecule has 99 heavy (non-hydrogen) atoms. The van der Waals surface area contributed by atoms with Crippen LogP contribution in [0.4, 0.5) is 0 Å². The maximum absolute atomic E-state index is 13.1. The predicted octanol–water partition coefficient (Wildman–Crippen LogP) is 23.6. The van der Waals surface area contributed by atoms with E-state index < -0.39 is 97.5 Å². The average Bonchev–Trinajstić information content (AvgIpc) is 1.11. The van der Waals surface area contributed by atoms with E-state index in [4.69, 9.17) is 37.0 Å². The molecule has 6 atom stereocenters. The summed E-state index contributed by atoms with van der Waals surface area (Å²) in [5.74, 6) is 0.962. The van der Waals surface area contributed by atoms with E-state index in [0.717, 1.165) is 114 Å². The second-order valence-corrected chi connectivity index (χ2v) is 33.4. The van der Waals surface area contributed by atoms with Crippen LogP contribution < -0.4 is 0 Å². The summed E-state index contributed by atoms with van der Waals surface area (Å²) >= 11 is 0. The number of carbonyl (C=O) groups excluding carboxylic acids is 4. The van der Waals surface area contributed by atoms with Crippen LogP contribution in [0.2, 0.25) is 0 Å². The molecule has 0 aliphatic carbocycles. The molecular formula is C80H156O17P2. The Morgan fingerprint density at radius 1 is 0.283 bits per heavy atom. The Labute approximate surface area is 607 Å². The van der Waals surface area contributed by atoms with Crippen molar-refractivity contribution in [2.45, 2.75) is 427 Å². The van der Waals surface area contributed by atoms with Gasteiger partial charge in [0, 0.05) is 25.7 Å². The normalized spacial score (nSPS) is 14.3. The van der Waals surface area contributed by atoms with Crippen LogP contribution in [0.3, 0.4) is 0 Å². The fraction of sp³-hybridized carbons (Fsp3) is 0.950. The highest BCUT2D eigenvalue weighted by Gasteiger charge is 2.30. The summed E-state index contributed by atoms with van der Waals surface area (Å²) in [5.41, 5.74) is 0. The average molecular weight is 1450 g/mol. The van der Waals surface area contributed by atoms with Crippen LogP contribution in [0, 0.1) is 23.7 Å². The molecule has 0 spiro atoms. The van der Waals surface area contributed by atoms with Gasteiger partial charge in [-0.25, -0.2) is 9.13 Å². The Balaban J connectivity index is 5.18. The molecule has 3 N–H and O–H groups in total. The summed E-state index contributed by atoms with van der Waals surface area (Å²) in [4.78, 5) is 72.9. The predicted molar refractivity (Wildman–Crippen MR) is 404 cm³/mol. The van der Waals surface area contributed by atoms with Gasteiger partial charge in [-0.2, -0.15) is 0 Å². The standard InChI is InChI=1S/C80H156O17P2/c1-9-73(8)59-51-43-34-28-22-18-14-12-10-11-13-15-19-23-29-36-46-54-62-79(84)96-75(66-90-77(82)60-52-44-35-31-25-27-33-41-49-57-71(4)5)68-94-98(86,87)92-64-74(81)65-93-99(88,89)95-69-76(67-91-78(83)61-53-45-39-38-42-50-58-72(6)7)97-80(85)63-55-47-37-30-24-20-16-17-21-26-32-40-48-56-70(2)3/h70-76,81H,9-69H2,1-8H3,(H,86,87)(H,88,89)/t73?,74-,75-,76-/m1/s1. The van der Waals surface area contributed by atoms with Gasteiger partial charge in [-0.3, -0.25) is 37.3 Å². The molecule has 0 rings (SSSR count). The molecule has 0 fully saturated rings. The second kappa shape index (κ2) is 69.1. The maximum Gasteiger partial charge on any atom is 0.472 e. The zero-order valence-electron chi connectivity index (χ0n) is 65.1. The molecule has 17 nitrogen and oxygen atoms in total. The van der Waals surface area contributed by atoms with Crippen molar-refractivity contribution in [2.75, 3.05) is 39.6 Å². The third-order valence-corrected chi connectivity index (χ3v) is 20.8. The summed E-state index contributed by atoms with van der Waals surface area (Å²) < 4.78 is 68.6. The van der Waals surface area contributed by atoms with Crippen molar-refractivity contribution in [3.05, 3.63) is 0 Å². The van der Waals surface area contributed by atoms with E-state index in [9.17, 15) is 43.2 Å². The van der Waals surface area contributed by atoms with Crippen LogP contribution in [-0.2, 0) is 65.4 Å². The van der Waals surface area contributed by atoms with Crippen molar-refractivity contribution in [1.82, 2.24) is 0 Å². The molecule has 0 aromatic rings. The molecule has 0 bridgehead atoms. The number of aliphatic hydroxyl groups excluding tert-OH is 1. The minimum Gasteiger partial charge on any atom is -0.462 e. The minimum atomic E-state index is -4.96. The third-order valence-electron chi connectivity index (χ3n) is 18.9. The van der Waals surface area contributed by atoms with E-state index in [-0.39, 0.29) is 25.7 Å². The Kier molecular flexibility index (Phi) is 67.8. The highest BCUT2D eigenvalue weighted by Crippen LogP contribution is 2.45. The number of hydrogen-bond acceptors (Lipinski definition) is 15. The molecule has 3 unspecified atom stereocenters. The molecule has 0 radical (unpaired) electrons. The molecule has 0 heterocycles. The van der Waals surface area contributed by atoms with Crippen LogP contribution >= 0.6 is 15.6 Å². The lowest BCUT2D eigenvalue weighted by atomic mass is 9.99. The first-order valence-corrected chi connectivity index (χ1v) is 44.2. The molecule has 0 amide bonds. The number of carbonyl (C=O) groups is 4. The van der Waals surface area contributed by atoms with Crippen molar-refractivity contribution in [2.24, 2.45) is 23.7 Å². The van der Waals surface area contributed by atoms with Gasteiger partial charge in [-0.15, -0.1) is 0 Å². The van der Waals surface area contributed by atoms with Crippen molar-refractivity contribution >= 4 is 39.5 Å². The number of unbranched alkanes of at least 4 members (excludes halogenated alkanes) is 42. The Morgan fingerprint density at radius 2 is 0.485 bits per heavy atom. The lowest BCUT2D eigenvalue weighted by Crippen LogP contribution is -2.30. The quantitative estimate of drug-likeness (QED) is 0.0222. The van der Waals surface area contributed by atoms with Crippen LogP contribution in [0.25, 0.3) is 0 Å². The Bertz CT molecular complexity index is 1940. The number of aliphatic hydroxyl groups is 1. The van der Waals surface area contributed by atoms with Gasteiger partial charge in [-0.1, -0.05) is 357 Å². The molecule has 0 aliphatic rings. The fourth-order valence-corrected chi connectivity index (χ4v) is 13.8. The number of esters is 4. The Hall–Kier alpha value is -1.94. The smallest absolute Gasteiger partial charge is 0.462 e. The van der Waals surface area contributed by atoms with Crippen molar-refractivity contribution in [3.63, 3.8) is 0 Å². The molecule has 19 heteroatoms. The first-order chi connectivity index (χ1) is 47.6. The SMILES string of the molecule is CCC(C)CCCCCCCCCCCCCCCCCCCCC(=O)O[C@H](COC(=O)CCCCCCCCCCCC(C)C)COP(=O)(O)OC[C@@H](O)COP(=O)(O)OC[C@@H](COC(=O)CCCCCCCCC(C)C)OC(=O)CCCCCCCCCCCCCCCC(C)C. The van der Waals surface area contributed by atoms with Gasteiger partial charge in [0.15, 0.2) is 12.2 Å². The highest BCUT2D eigenvalue weighted by molar-refractivity contribution is 7.47. The third kappa shape index (κ3) is 72.8. The van der Waals surface area contributed by atoms with Crippen LogP contribution in [-0.4, -0.2) is 96.7 Å². The summed E-state index contributed by atoms with van der Waals surface area (Å²) in [6, 6.07) is 0. The minimum absolute atomic E-state index is 0.106. The van der Waals surface area contributed by atoms with Crippen molar-refractivity contribution in [3.8, 4) is 0 Å². The molecule has 0 aliphatic heterocycles. The van der Waals surface area contributed by atoms with Crippen LogP contribution in [0.5, 0.6) is 0 Å². The molecular weight excluding hydrogens is 1290 g/mol.